The van der Waals surface area contributed by atoms with Crippen LogP contribution in [0.1, 0.15) is 49.0 Å². The molecule has 0 spiro atoms. The van der Waals surface area contributed by atoms with Gasteiger partial charge in [-0.05, 0) is 99.2 Å². The van der Waals surface area contributed by atoms with Crippen molar-refractivity contribution in [2.45, 2.75) is 51.7 Å². The largest absolute Gasteiger partial charge is 0.506 e. The second-order valence-electron chi connectivity index (χ2n) is 10.6. The Morgan fingerprint density at radius 1 is 1.05 bits per heavy atom. The zero-order valence-corrected chi connectivity index (χ0v) is 24.3. The Morgan fingerprint density at radius 3 is 2.40 bits per heavy atom. The molecule has 1 aliphatic carbocycles. The highest BCUT2D eigenvalue weighted by atomic mass is 19.1. The van der Waals surface area contributed by atoms with E-state index in [9.17, 15) is 14.3 Å². The van der Waals surface area contributed by atoms with E-state index in [0.29, 0.717) is 36.9 Å². The molecular formula is C33H38FN3O5. The maximum atomic E-state index is 13.6. The number of aromatic hydroxyl groups is 1. The van der Waals surface area contributed by atoms with Crippen molar-refractivity contribution in [1.29, 1.82) is 0 Å². The third kappa shape index (κ3) is 6.36. The Bertz CT molecular complexity index is 1400. The highest BCUT2D eigenvalue weighted by Crippen LogP contribution is 2.43. The smallest absolute Gasteiger partial charge is 0.337 e. The molecule has 2 N–H and O–H groups in total. The number of ether oxygens (including phenoxy) is 3. The van der Waals surface area contributed by atoms with Gasteiger partial charge in [0.1, 0.15) is 28.8 Å². The van der Waals surface area contributed by atoms with E-state index in [0.717, 1.165) is 60.5 Å². The topological polar surface area (TPSA) is 92.6 Å². The molecular weight excluding hydrogens is 537 g/mol. The first kappa shape index (κ1) is 29.4. The van der Waals surface area contributed by atoms with Gasteiger partial charge in [-0.15, -0.1) is 0 Å². The van der Waals surface area contributed by atoms with Crippen LogP contribution in [0.15, 0.2) is 59.6 Å². The van der Waals surface area contributed by atoms with Gasteiger partial charge in [0.25, 0.3) is 0 Å². The number of benzene rings is 3. The Balaban J connectivity index is 1.27. The fourth-order valence-electron chi connectivity index (χ4n) is 6.27. The van der Waals surface area contributed by atoms with Crippen molar-refractivity contribution in [1.82, 2.24) is 10.2 Å². The van der Waals surface area contributed by atoms with Crippen LogP contribution in [0.5, 0.6) is 17.2 Å². The van der Waals surface area contributed by atoms with Crippen molar-refractivity contribution in [3.63, 3.8) is 0 Å². The van der Waals surface area contributed by atoms with Gasteiger partial charge in [-0.2, -0.15) is 0 Å². The molecule has 5 rings (SSSR count). The summed E-state index contributed by atoms with van der Waals surface area (Å²) in [5.74, 6) is 1.11. The summed E-state index contributed by atoms with van der Waals surface area (Å²) in [5.41, 5.74) is 3.49. The molecule has 9 heteroatoms. The van der Waals surface area contributed by atoms with E-state index in [2.05, 4.69) is 27.3 Å². The number of carbonyl (C=O) groups is 1. The van der Waals surface area contributed by atoms with Gasteiger partial charge in [-0.25, -0.2) is 14.2 Å². The van der Waals surface area contributed by atoms with Gasteiger partial charge in [-0.1, -0.05) is 12.1 Å². The molecule has 1 unspecified atom stereocenters. The number of phenols is 1. The lowest BCUT2D eigenvalue weighted by molar-refractivity contribution is 0.0600. The maximum absolute atomic E-state index is 13.6. The summed E-state index contributed by atoms with van der Waals surface area (Å²) >= 11 is 0. The standard InChI is InChI=1S/C33H38FN3O5/c1-4-41-30-16-21(17-31(42-5-2)32(30)22-6-9-24(34)10-7-22)19-37-15-14-25-26(12-13-28(25)37)35-20-36-27-11-8-23(18-29(27)38)33(39)40-3/h6-11,16-18,20,25-26,28,38H,4-5,12-15,19H2,1-3H3,(H,35,36)/t25-,26?,28+/m0/s1. The molecule has 2 fully saturated rings. The van der Waals surface area contributed by atoms with Gasteiger partial charge in [0.05, 0.1) is 37.8 Å². The molecule has 1 heterocycles. The number of nitrogens with one attached hydrogen (secondary N) is 1. The third-order valence-corrected chi connectivity index (χ3v) is 8.14. The van der Waals surface area contributed by atoms with Crippen LogP contribution < -0.4 is 14.8 Å². The molecule has 1 saturated carbocycles. The zero-order chi connectivity index (χ0) is 29.6. The number of hydrogen-bond acceptors (Lipinski definition) is 7. The van der Waals surface area contributed by atoms with Gasteiger partial charge in [-0.3, -0.25) is 4.90 Å². The van der Waals surface area contributed by atoms with Crippen LogP contribution in [-0.2, 0) is 11.3 Å². The Hall–Kier alpha value is -4.11. The van der Waals surface area contributed by atoms with Crippen molar-refractivity contribution in [3.05, 3.63) is 71.5 Å². The second kappa shape index (κ2) is 13.2. The second-order valence-corrected chi connectivity index (χ2v) is 10.6. The molecule has 3 aromatic rings. The maximum Gasteiger partial charge on any atom is 0.337 e. The van der Waals surface area contributed by atoms with Crippen LogP contribution in [-0.4, -0.2) is 61.3 Å². The highest BCUT2D eigenvalue weighted by Gasteiger charge is 2.43. The first-order valence-corrected chi connectivity index (χ1v) is 14.5. The first-order valence-electron chi connectivity index (χ1n) is 14.5. The van der Waals surface area contributed by atoms with Crippen LogP contribution in [0.2, 0.25) is 0 Å². The number of phenolic OH excluding ortho intramolecular Hbond substituents is 1. The fraction of sp³-hybridized carbons (Fsp3) is 0.394. The Morgan fingerprint density at radius 2 is 1.76 bits per heavy atom. The van der Waals surface area contributed by atoms with E-state index in [4.69, 9.17) is 14.2 Å². The molecule has 1 saturated heterocycles. The number of likely N-dealkylation sites (tertiary alicyclic amines) is 1. The van der Waals surface area contributed by atoms with Crippen molar-refractivity contribution in [2.75, 3.05) is 26.9 Å². The number of nitrogens with zero attached hydrogens (tertiary/aromatic N) is 2. The third-order valence-electron chi connectivity index (χ3n) is 8.14. The molecule has 8 nitrogen and oxygen atoms in total. The number of hydrogen-bond donors (Lipinski definition) is 2. The summed E-state index contributed by atoms with van der Waals surface area (Å²) in [5, 5.41) is 13.7. The van der Waals surface area contributed by atoms with E-state index in [-0.39, 0.29) is 17.1 Å². The molecule has 0 bridgehead atoms. The van der Waals surface area contributed by atoms with Gasteiger partial charge >= 0.3 is 5.97 Å². The quantitative estimate of drug-likeness (QED) is 0.163. The van der Waals surface area contributed by atoms with Crippen LogP contribution in [0.25, 0.3) is 11.1 Å². The van der Waals surface area contributed by atoms with Crippen molar-refractivity contribution >= 4 is 18.0 Å². The SMILES string of the molecule is CCOc1cc(CN2CC[C@H]3C(N/C=N/c4ccc(C(=O)OC)cc4O)CC[C@H]32)cc(OCC)c1-c1ccc(F)cc1. The molecule has 0 radical (unpaired) electrons. The molecule has 42 heavy (non-hydrogen) atoms. The van der Waals surface area contributed by atoms with Crippen LogP contribution in [0, 0.1) is 11.7 Å². The summed E-state index contributed by atoms with van der Waals surface area (Å²) in [7, 11) is 1.30. The van der Waals surface area contributed by atoms with Crippen molar-refractivity contribution in [3.8, 4) is 28.4 Å². The summed E-state index contributed by atoms with van der Waals surface area (Å²) in [6, 6.07) is 15.9. The minimum Gasteiger partial charge on any atom is -0.506 e. The zero-order valence-electron chi connectivity index (χ0n) is 24.3. The molecule has 3 aromatic carbocycles. The average molecular weight is 576 g/mol. The fourth-order valence-corrected chi connectivity index (χ4v) is 6.27. The number of aliphatic imine (C=N–C) groups is 1. The number of methoxy groups -OCH3 is 1. The van der Waals surface area contributed by atoms with Crippen LogP contribution in [0.3, 0.4) is 0 Å². The predicted molar refractivity (Wildman–Crippen MR) is 160 cm³/mol. The highest BCUT2D eigenvalue weighted by molar-refractivity contribution is 5.90. The van der Waals surface area contributed by atoms with E-state index in [1.54, 1.807) is 30.6 Å². The minimum absolute atomic E-state index is 0.0735. The van der Waals surface area contributed by atoms with Crippen molar-refractivity contribution in [2.24, 2.45) is 10.9 Å². The first-order chi connectivity index (χ1) is 20.4. The lowest BCUT2D eigenvalue weighted by Crippen LogP contribution is -2.35. The molecule has 1 aliphatic heterocycles. The van der Waals surface area contributed by atoms with E-state index in [1.165, 1.54) is 25.3 Å². The number of carbonyl (C=O) groups excluding carboxylic acids is 1. The average Bonchev–Trinajstić information content (AvgIpc) is 3.57. The summed E-state index contributed by atoms with van der Waals surface area (Å²) in [6.07, 6.45) is 4.85. The number of rotatable bonds is 11. The number of halogens is 1. The number of esters is 1. The van der Waals surface area contributed by atoms with E-state index >= 15 is 0 Å². The van der Waals surface area contributed by atoms with E-state index < -0.39 is 5.97 Å². The van der Waals surface area contributed by atoms with Gasteiger partial charge < -0.3 is 24.6 Å². The summed E-state index contributed by atoms with van der Waals surface area (Å²) < 4.78 is 30.5. The minimum atomic E-state index is -0.506. The predicted octanol–water partition coefficient (Wildman–Crippen LogP) is 6.08. The monoisotopic (exact) mass is 575 g/mol. The summed E-state index contributed by atoms with van der Waals surface area (Å²) in [6.45, 7) is 6.72. The number of fused-ring (bicyclic) bond motifs is 1. The molecule has 222 valence electrons. The molecule has 0 amide bonds. The molecule has 2 aliphatic rings. The Kier molecular flexibility index (Phi) is 9.27. The molecule has 3 atom stereocenters. The van der Waals surface area contributed by atoms with Crippen LogP contribution in [0.4, 0.5) is 10.1 Å². The van der Waals surface area contributed by atoms with E-state index in [1.807, 2.05) is 13.8 Å². The van der Waals surface area contributed by atoms with Crippen LogP contribution >= 0.6 is 0 Å². The van der Waals surface area contributed by atoms with Gasteiger partial charge in [0, 0.05) is 18.6 Å². The van der Waals surface area contributed by atoms with Gasteiger partial charge in [0.2, 0.25) is 0 Å². The lowest BCUT2D eigenvalue weighted by Gasteiger charge is -2.25. The summed E-state index contributed by atoms with van der Waals surface area (Å²) in [4.78, 5) is 18.6. The lowest BCUT2D eigenvalue weighted by atomic mass is 9.99. The molecule has 0 aromatic heterocycles. The normalized spacial score (nSPS) is 20.0. The Labute approximate surface area is 246 Å². The van der Waals surface area contributed by atoms with Crippen molar-refractivity contribution < 1.29 is 28.5 Å². The van der Waals surface area contributed by atoms with Gasteiger partial charge in [0.15, 0.2) is 0 Å².